The Morgan fingerprint density at radius 3 is 2.47 bits per heavy atom. The minimum atomic E-state index is -4.68. The summed E-state index contributed by atoms with van der Waals surface area (Å²) < 4.78 is 40.9. The molecule has 6 nitrogen and oxygen atoms in total. The van der Waals surface area contributed by atoms with Gasteiger partial charge >= 0.3 is 6.18 Å². The van der Waals surface area contributed by atoms with E-state index in [4.69, 9.17) is 17.3 Å². The van der Waals surface area contributed by atoms with Gasteiger partial charge < -0.3 is 11.1 Å². The fraction of sp³-hybridized carbons (Fsp3) is 0.136. The molecule has 0 amide bonds. The molecule has 0 unspecified atom stereocenters. The first-order chi connectivity index (χ1) is 15.1. The molecule has 0 aliphatic carbocycles. The van der Waals surface area contributed by atoms with Crippen LogP contribution in [-0.4, -0.2) is 14.5 Å². The highest BCUT2D eigenvalue weighted by Gasteiger charge is 2.33. The first kappa shape index (κ1) is 21.6. The first-order valence-electron chi connectivity index (χ1n) is 9.53. The lowest BCUT2D eigenvalue weighted by Crippen LogP contribution is -2.26. The summed E-state index contributed by atoms with van der Waals surface area (Å²) in [6, 6.07) is 15.9. The standard InChI is InChI=1S/C22H17ClF3N5O/c1-12(28-18-11-17(22(24,25)26)29-21(27)30-18)16-10-13-6-5-9-15(23)19(13)20(32)31(16)14-7-3-2-4-8-14/h2-12H,1H3,(H3,27,28,29,30)/t12-/m0/s1. The molecule has 0 radical (unpaired) electrons. The van der Waals surface area contributed by atoms with Gasteiger partial charge in [-0.3, -0.25) is 9.36 Å². The van der Waals surface area contributed by atoms with Crippen molar-refractivity contribution >= 4 is 34.1 Å². The number of benzene rings is 2. The maximum absolute atomic E-state index is 13.4. The number of alkyl halides is 3. The lowest BCUT2D eigenvalue weighted by molar-refractivity contribution is -0.141. The van der Waals surface area contributed by atoms with E-state index in [0.717, 1.165) is 6.07 Å². The molecule has 0 aliphatic heterocycles. The molecule has 10 heteroatoms. The van der Waals surface area contributed by atoms with Crippen molar-refractivity contribution in [2.75, 3.05) is 11.1 Å². The summed E-state index contributed by atoms with van der Waals surface area (Å²) in [5.74, 6) is -0.629. The molecule has 32 heavy (non-hydrogen) atoms. The molecule has 0 saturated heterocycles. The quantitative estimate of drug-likeness (QED) is 0.437. The number of aromatic nitrogens is 3. The highest BCUT2D eigenvalue weighted by Crippen LogP contribution is 2.31. The van der Waals surface area contributed by atoms with Gasteiger partial charge in [-0.1, -0.05) is 41.9 Å². The van der Waals surface area contributed by atoms with Crippen LogP contribution in [0.15, 0.2) is 65.5 Å². The second-order valence-electron chi connectivity index (χ2n) is 7.11. The van der Waals surface area contributed by atoms with E-state index < -0.39 is 23.9 Å². The van der Waals surface area contributed by atoms with Gasteiger partial charge in [-0.25, -0.2) is 4.98 Å². The van der Waals surface area contributed by atoms with E-state index in [-0.39, 0.29) is 11.4 Å². The van der Waals surface area contributed by atoms with E-state index in [1.54, 1.807) is 55.5 Å². The van der Waals surface area contributed by atoms with Crippen LogP contribution in [0, 0.1) is 0 Å². The fourth-order valence-electron chi connectivity index (χ4n) is 3.48. The Balaban J connectivity index is 1.87. The molecule has 164 valence electrons. The van der Waals surface area contributed by atoms with E-state index >= 15 is 0 Å². The SMILES string of the molecule is C[C@H](Nc1cc(C(F)(F)F)nc(N)n1)c1cc2cccc(Cl)c2c(=O)n1-c1ccccc1. The Kier molecular flexibility index (Phi) is 5.52. The average molecular weight is 460 g/mol. The first-order valence-corrected chi connectivity index (χ1v) is 9.91. The third-order valence-corrected chi connectivity index (χ3v) is 5.20. The number of nitrogens with zero attached hydrogens (tertiary/aromatic N) is 3. The molecule has 2 aromatic carbocycles. The number of hydrogen-bond acceptors (Lipinski definition) is 5. The molecule has 0 aliphatic rings. The van der Waals surface area contributed by atoms with E-state index in [0.29, 0.717) is 27.2 Å². The molecule has 0 saturated carbocycles. The van der Waals surface area contributed by atoms with Gasteiger partial charge in [-0.05, 0) is 36.6 Å². The Morgan fingerprint density at radius 2 is 1.78 bits per heavy atom. The Labute approximate surface area is 185 Å². The van der Waals surface area contributed by atoms with Gasteiger partial charge in [0.2, 0.25) is 5.95 Å². The van der Waals surface area contributed by atoms with Crippen molar-refractivity contribution in [3.63, 3.8) is 0 Å². The largest absolute Gasteiger partial charge is 0.433 e. The molecule has 0 bridgehead atoms. The van der Waals surface area contributed by atoms with Crippen molar-refractivity contribution in [3.8, 4) is 5.69 Å². The molecular formula is C22H17ClF3N5O. The van der Waals surface area contributed by atoms with Crippen LogP contribution in [0.1, 0.15) is 24.4 Å². The molecule has 1 atom stereocenters. The van der Waals surface area contributed by atoms with Crippen molar-refractivity contribution in [1.29, 1.82) is 0 Å². The topological polar surface area (TPSA) is 85.8 Å². The molecule has 2 heterocycles. The second-order valence-corrected chi connectivity index (χ2v) is 7.52. The van der Waals surface area contributed by atoms with E-state index in [1.165, 1.54) is 4.57 Å². The van der Waals surface area contributed by atoms with Gasteiger partial charge in [-0.15, -0.1) is 0 Å². The summed E-state index contributed by atoms with van der Waals surface area (Å²) in [5, 5.41) is 4.17. The smallest absolute Gasteiger partial charge is 0.368 e. The molecule has 0 fully saturated rings. The lowest BCUT2D eigenvalue weighted by atomic mass is 10.1. The maximum Gasteiger partial charge on any atom is 0.433 e. The maximum atomic E-state index is 13.4. The van der Waals surface area contributed by atoms with Gasteiger partial charge in [0.15, 0.2) is 5.69 Å². The number of halogens is 4. The molecule has 4 rings (SSSR count). The van der Waals surface area contributed by atoms with Crippen molar-refractivity contribution in [3.05, 3.63) is 87.4 Å². The van der Waals surface area contributed by atoms with Crippen LogP contribution < -0.4 is 16.6 Å². The monoisotopic (exact) mass is 459 g/mol. The summed E-state index contributed by atoms with van der Waals surface area (Å²) >= 11 is 6.29. The van der Waals surface area contributed by atoms with E-state index in [9.17, 15) is 18.0 Å². The van der Waals surface area contributed by atoms with Crippen molar-refractivity contribution < 1.29 is 13.2 Å². The van der Waals surface area contributed by atoms with E-state index in [2.05, 4.69) is 15.3 Å². The van der Waals surface area contributed by atoms with Crippen LogP contribution in [0.5, 0.6) is 0 Å². The summed E-state index contributed by atoms with van der Waals surface area (Å²) in [5.41, 5.74) is 5.05. The van der Waals surface area contributed by atoms with Crippen LogP contribution in [0.25, 0.3) is 16.5 Å². The van der Waals surface area contributed by atoms with Crippen molar-refractivity contribution in [2.24, 2.45) is 0 Å². The number of rotatable bonds is 4. The Hall–Kier alpha value is -3.59. The number of pyridine rings is 1. The number of hydrogen-bond donors (Lipinski definition) is 2. The normalized spacial score (nSPS) is 12.7. The van der Waals surface area contributed by atoms with Gasteiger partial charge in [0.25, 0.3) is 5.56 Å². The van der Waals surface area contributed by atoms with Crippen LogP contribution in [-0.2, 0) is 6.18 Å². The average Bonchev–Trinajstić information content (AvgIpc) is 2.73. The van der Waals surface area contributed by atoms with Crippen LogP contribution in [0.4, 0.5) is 24.9 Å². The van der Waals surface area contributed by atoms with Crippen LogP contribution in [0.2, 0.25) is 5.02 Å². The second kappa shape index (κ2) is 8.16. The summed E-state index contributed by atoms with van der Waals surface area (Å²) in [4.78, 5) is 20.5. The molecule has 4 aromatic rings. The minimum Gasteiger partial charge on any atom is -0.368 e. The number of fused-ring (bicyclic) bond motifs is 1. The zero-order valence-corrected chi connectivity index (χ0v) is 17.4. The van der Waals surface area contributed by atoms with Gasteiger partial charge in [0, 0.05) is 17.4 Å². The number of nitrogens with two attached hydrogens (primary N) is 1. The Morgan fingerprint density at radius 1 is 1.06 bits per heavy atom. The number of nitrogen functional groups attached to an aromatic ring is 1. The van der Waals surface area contributed by atoms with E-state index in [1.807, 2.05) is 6.07 Å². The lowest BCUT2D eigenvalue weighted by Gasteiger charge is -2.22. The molecule has 3 N–H and O–H groups in total. The molecule has 0 spiro atoms. The predicted octanol–water partition coefficient (Wildman–Crippen LogP) is 5.21. The zero-order valence-electron chi connectivity index (χ0n) is 16.7. The fourth-order valence-corrected chi connectivity index (χ4v) is 3.75. The van der Waals surface area contributed by atoms with Gasteiger partial charge in [0.1, 0.15) is 5.82 Å². The molecular weight excluding hydrogens is 443 g/mol. The van der Waals surface area contributed by atoms with Gasteiger partial charge in [-0.2, -0.15) is 18.2 Å². The number of anilines is 2. The Bertz CT molecular complexity index is 1360. The summed E-state index contributed by atoms with van der Waals surface area (Å²) in [7, 11) is 0. The summed E-state index contributed by atoms with van der Waals surface area (Å²) in [6.07, 6.45) is -4.68. The zero-order chi connectivity index (χ0) is 23.0. The van der Waals surface area contributed by atoms with Crippen LogP contribution >= 0.6 is 11.6 Å². The summed E-state index contributed by atoms with van der Waals surface area (Å²) in [6.45, 7) is 1.70. The van der Waals surface area contributed by atoms with Crippen LogP contribution in [0.3, 0.4) is 0 Å². The third-order valence-electron chi connectivity index (χ3n) is 4.88. The predicted molar refractivity (Wildman–Crippen MR) is 118 cm³/mol. The third kappa shape index (κ3) is 4.11. The van der Waals surface area contributed by atoms with Crippen molar-refractivity contribution in [2.45, 2.75) is 19.1 Å². The molecule has 2 aromatic heterocycles. The highest BCUT2D eigenvalue weighted by molar-refractivity contribution is 6.35. The number of para-hydroxylation sites is 1. The van der Waals surface area contributed by atoms with Crippen molar-refractivity contribution in [1.82, 2.24) is 14.5 Å². The van der Waals surface area contributed by atoms with Gasteiger partial charge in [0.05, 0.1) is 16.5 Å². The number of nitrogens with one attached hydrogen (secondary N) is 1. The highest BCUT2D eigenvalue weighted by atomic mass is 35.5. The minimum absolute atomic E-state index is 0.115.